The van der Waals surface area contributed by atoms with Crippen LogP contribution in [0.25, 0.3) is 11.2 Å². The molecule has 0 saturated carbocycles. The smallest absolute Gasteiger partial charge is 0.394 e. The molecule has 2 unspecified atom stereocenters. The first-order valence-electron chi connectivity index (χ1n) is 7.14. The van der Waals surface area contributed by atoms with Crippen molar-refractivity contribution in [2.75, 3.05) is 12.3 Å². The van der Waals surface area contributed by atoms with E-state index in [0.29, 0.717) is 0 Å². The summed E-state index contributed by atoms with van der Waals surface area (Å²) in [5.41, 5.74) is 6.18. The fourth-order valence-electron chi connectivity index (χ4n) is 2.85. The second-order valence-electron chi connectivity index (χ2n) is 5.49. The van der Waals surface area contributed by atoms with E-state index < -0.39 is 46.8 Å². The van der Waals surface area contributed by atoms with Crippen LogP contribution in [0.1, 0.15) is 6.23 Å². The minimum atomic E-state index is -4.96. The lowest BCUT2D eigenvalue weighted by Gasteiger charge is -2.21. The summed E-state index contributed by atoms with van der Waals surface area (Å²) in [6.45, 7) is -0.624. The van der Waals surface area contributed by atoms with Crippen molar-refractivity contribution in [2.24, 2.45) is 0 Å². The van der Waals surface area contributed by atoms with Crippen LogP contribution in [-0.4, -0.2) is 59.3 Å². The molecular formula is C10H13N5O9P2. The second kappa shape index (κ2) is 6.02. The zero-order valence-corrected chi connectivity index (χ0v) is 14.5. The number of aliphatic hydroxyl groups excluding tert-OH is 1. The summed E-state index contributed by atoms with van der Waals surface area (Å²) in [7, 11) is -9.89. The van der Waals surface area contributed by atoms with Gasteiger partial charge in [-0.2, -0.15) is 4.31 Å². The monoisotopic (exact) mass is 409 g/mol. The topological polar surface area (TPSA) is 201 Å². The minimum absolute atomic E-state index is 0.0936. The summed E-state index contributed by atoms with van der Waals surface area (Å²) >= 11 is 0. The van der Waals surface area contributed by atoms with E-state index in [-0.39, 0.29) is 17.0 Å². The molecule has 0 bridgehead atoms. The lowest BCUT2D eigenvalue weighted by Crippen LogP contribution is -2.35. The number of fused-ring (bicyclic) bond motifs is 2. The molecule has 0 spiro atoms. The van der Waals surface area contributed by atoms with Crippen LogP contribution in [0.2, 0.25) is 0 Å². The van der Waals surface area contributed by atoms with Gasteiger partial charge in [-0.05, 0) is 0 Å². The molecular weight excluding hydrogens is 396 g/mol. The van der Waals surface area contributed by atoms with Crippen molar-refractivity contribution in [1.29, 1.82) is 0 Å². The number of rotatable bonds is 2. The molecule has 142 valence electrons. The molecule has 2 aromatic heterocycles. The fraction of sp³-hybridized carbons (Fsp3) is 0.500. The number of hydrogen-bond acceptors (Lipinski definition) is 11. The van der Waals surface area contributed by atoms with Gasteiger partial charge in [-0.15, -0.1) is 0 Å². The Kier molecular flexibility index (Phi) is 4.15. The molecule has 2 aliphatic heterocycles. The summed E-state index contributed by atoms with van der Waals surface area (Å²) in [4.78, 5) is 31.1. The van der Waals surface area contributed by atoms with Gasteiger partial charge in [0, 0.05) is 0 Å². The molecule has 0 radical (unpaired) electrons. The number of phosphoric ester groups is 2. The van der Waals surface area contributed by atoms with Gasteiger partial charge >= 0.3 is 15.6 Å². The molecule has 26 heavy (non-hydrogen) atoms. The molecule has 2 aromatic rings. The lowest BCUT2D eigenvalue weighted by molar-refractivity contribution is -0.0527. The number of aromatic nitrogens is 4. The quantitative estimate of drug-likeness (QED) is 0.454. The Hall–Kier alpha value is -1.47. The molecule has 2 aliphatic rings. The highest BCUT2D eigenvalue weighted by molar-refractivity contribution is 7.61. The van der Waals surface area contributed by atoms with Gasteiger partial charge in [0.1, 0.15) is 30.2 Å². The van der Waals surface area contributed by atoms with Crippen LogP contribution in [-0.2, 0) is 27.2 Å². The standard InChI is InChI=1S/C10H13N5O9P2/c11-8-5-9(13-2-12-8)15(3-14-5)10-7-6(4(1-16)21-10)22-25(17,18)24-26(19,20)23-7/h2-4,6-7,10,16H,1H2,(H,17,18)(H,19,20)(H2,11,12,13)/t4-,6-,7-,10-/m1/s1. The molecule has 2 fully saturated rings. The Morgan fingerprint density at radius 3 is 2.54 bits per heavy atom. The van der Waals surface area contributed by atoms with E-state index in [4.69, 9.17) is 19.5 Å². The number of ether oxygens (including phenoxy) is 1. The lowest BCUT2D eigenvalue weighted by atomic mass is 10.1. The summed E-state index contributed by atoms with van der Waals surface area (Å²) in [6, 6.07) is 0. The van der Waals surface area contributed by atoms with Crippen molar-refractivity contribution in [3.05, 3.63) is 12.7 Å². The number of phosphoric acid groups is 2. The molecule has 5 N–H and O–H groups in total. The molecule has 2 saturated heterocycles. The van der Waals surface area contributed by atoms with Gasteiger partial charge in [0.05, 0.1) is 12.9 Å². The highest BCUT2D eigenvalue weighted by Crippen LogP contribution is 2.66. The second-order valence-corrected chi connectivity index (χ2v) is 8.44. The fourth-order valence-corrected chi connectivity index (χ4v) is 5.30. The molecule has 16 heteroatoms. The molecule has 0 amide bonds. The number of nitrogens with zero attached hydrogens (tertiary/aromatic N) is 4. The van der Waals surface area contributed by atoms with E-state index in [1.165, 1.54) is 17.2 Å². The van der Waals surface area contributed by atoms with Crippen molar-refractivity contribution < 1.29 is 42.1 Å². The van der Waals surface area contributed by atoms with E-state index in [2.05, 4.69) is 19.3 Å². The Morgan fingerprint density at radius 1 is 1.15 bits per heavy atom. The maximum absolute atomic E-state index is 12.0. The van der Waals surface area contributed by atoms with Crippen molar-refractivity contribution in [1.82, 2.24) is 19.5 Å². The normalized spacial score (nSPS) is 40.4. The van der Waals surface area contributed by atoms with Gasteiger partial charge in [-0.25, -0.2) is 24.1 Å². The van der Waals surface area contributed by atoms with Gasteiger partial charge in [0.25, 0.3) is 0 Å². The first-order chi connectivity index (χ1) is 12.2. The highest BCUT2D eigenvalue weighted by Gasteiger charge is 2.57. The van der Waals surface area contributed by atoms with E-state index >= 15 is 0 Å². The van der Waals surface area contributed by atoms with E-state index in [1.54, 1.807) is 0 Å². The van der Waals surface area contributed by atoms with Gasteiger partial charge in [0.2, 0.25) is 0 Å². The Labute approximate surface area is 144 Å². The van der Waals surface area contributed by atoms with Crippen molar-refractivity contribution in [2.45, 2.75) is 24.5 Å². The molecule has 4 rings (SSSR count). The van der Waals surface area contributed by atoms with Gasteiger partial charge < -0.3 is 25.4 Å². The molecule has 6 atom stereocenters. The average Bonchev–Trinajstić information content (AvgIpc) is 3.06. The van der Waals surface area contributed by atoms with Crippen LogP contribution in [0.5, 0.6) is 0 Å². The molecule has 4 heterocycles. The van der Waals surface area contributed by atoms with Crippen LogP contribution < -0.4 is 5.73 Å². The van der Waals surface area contributed by atoms with Crippen LogP contribution >= 0.6 is 15.6 Å². The SMILES string of the molecule is Nc1ncnc2c1ncn2[C@@H]1O[C@H](CO)[C@H]2OP(=O)(O)OP(=O)(O)O[C@H]21. The summed E-state index contributed by atoms with van der Waals surface area (Å²) < 4.78 is 44.7. The number of aliphatic hydroxyl groups is 1. The van der Waals surface area contributed by atoms with E-state index in [0.717, 1.165) is 0 Å². The Bertz CT molecular complexity index is 952. The van der Waals surface area contributed by atoms with Gasteiger partial charge in [-0.1, -0.05) is 0 Å². The third kappa shape index (κ3) is 2.95. The van der Waals surface area contributed by atoms with Crippen LogP contribution in [0, 0.1) is 0 Å². The van der Waals surface area contributed by atoms with E-state index in [9.17, 15) is 24.0 Å². The molecule has 14 nitrogen and oxygen atoms in total. The first-order valence-corrected chi connectivity index (χ1v) is 10.1. The molecule has 0 aliphatic carbocycles. The van der Waals surface area contributed by atoms with Crippen LogP contribution in [0.15, 0.2) is 12.7 Å². The number of nitrogens with two attached hydrogens (primary N) is 1. The third-order valence-corrected chi connectivity index (χ3v) is 6.51. The third-order valence-electron chi connectivity index (χ3n) is 3.84. The summed E-state index contributed by atoms with van der Waals surface area (Å²) in [6.07, 6.45) is -2.65. The number of nitrogen functional groups attached to an aromatic ring is 1. The highest BCUT2D eigenvalue weighted by atomic mass is 31.3. The zero-order valence-electron chi connectivity index (χ0n) is 12.7. The predicted molar refractivity (Wildman–Crippen MR) is 81.2 cm³/mol. The largest absolute Gasteiger partial charge is 0.481 e. The summed E-state index contributed by atoms with van der Waals surface area (Å²) in [5.74, 6) is 0.0936. The Balaban J connectivity index is 1.81. The van der Waals surface area contributed by atoms with Crippen LogP contribution in [0.4, 0.5) is 5.82 Å². The zero-order chi connectivity index (χ0) is 18.7. The van der Waals surface area contributed by atoms with Crippen molar-refractivity contribution in [3.63, 3.8) is 0 Å². The predicted octanol–water partition coefficient (Wildman–Crippen LogP) is -0.700. The maximum Gasteiger partial charge on any atom is 0.481 e. The molecule has 0 aromatic carbocycles. The minimum Gasteiger partial charge on any atom is -0.394 e. The number of imidazole rings is 1. The van der Waals surface area contributed by atoms with E-state index in [1.807, 2.05) is 0 Å². The first kappa shape index (κ1) is 17.9. The van der Waals surface area contributed by atoms with Crippen LogP contribution in [0.3, 0.4) is 0 Å². The number of hydrogen-bond donors (Lipinski definition) is 4. The number of anilines is 1. The van der Waals surface area contributed by atoms with Crippen molar-refractivity contribution >= 4 is 32.6 Å². The maximum atomic E-state index is 12.0. The summed E-state index contributed by atoms with van der Waals surface area (Å²) in [5, 5.41) is 9.50. The van der Waals surface area contributed by atoms with Gasteiger partial charge in [-0.3, -0.25) is 13.6 Å². The average molecular weight is 409 g/mol. The Morgan fingerprint density at radius 2 is 1.85 bits per heavy atom. The van der Waals surface area contributed by atoms with Gasteiger partial charge in [0.15, 0.2) is 17.7 Å². The van der Waals surface area contributed by atoms with Crippen molar-refractivity contribution in [3.8, 4) is 0 Å².